The van der Waals surface area contributed by atoms with Gasteiger partial charge in [-0.2, -0.15) is 0 Å². The van der Waals surface area contributed by atoms with Crippen molar-refractivity contribution in [3.05, 3.63) is 0 Å². The summed E-state index contributed by atoms with van der Waals surface area (Å²) in [4.78, 5) is 14.9. The molecular weight excluding hydrogens is 218 g/mol. The number of hydrogen-bond acceptors (Lipinski definition) is 4. The van der Waals surface area contributed by atoms with Gasteiger partial charge in [-0.25, -0.2) is 0 Å². The van der Waals surface area contributed by atoms with Crippen LogP contribution in [0.1, 0.15) is 26.7 Å². The summed E-state index contributed by atoms with van der Waals surface area (Å²) < 4.78 is 5.20. The van der Waals surface area contributed by atoms with Crippen molar-refractivity contribution in [1.82, 2.24) is 4.90 Å². The van der Waals surface area contributed by atoms with E-state index in [2.05, 4.69) is 18.7 Å². The highest BCUT2D eigenvalue weighted by Crippen LogP contribution is 2.49. The lowest BCUT2D eigenvalue weighted by Crippen LogP contribution is -2.73. The summed E-state index contributed by atoms with van der Waals surface area (Å²) in [5, 5.41) is 9.72. The first-order valence-electron chi connectivity index (χ1n) is 6.43. The molecule has 0 aromatic carbocycles. The molecule has 3 fully saturated rings. The molecule has 3 aliphatic rings. The minimum absolute atomic E-state index is 0.131. The minimum atomic E-state index is -0.782. The van der Waals surface area contributed by atoms with Crippen molar-refractivity contribution in [1.29, 1.82) is 0 Å². The number of fused-ring (bicyclic) bond motifs is 3. The smallest absolute Gasteiger partial charge is 0.164 e. The zero-order valence-corrected chi connectivity index (χ0v) is 11.0. The van der Waals surface area contributed by atoms with E-state index in [4.69, 9.17) is 4.74 Å². The molecule has 98 valence electrons. The fraction of sp³-hybridized carbons (Fsp3) is 0.923. The van der Waals surface area contributed by atoms with E-state index >= 15 is 0 Å². The van der Waals surface area contributed by atoms with Crippen molar-refractivity contribution in [2.75, 3.05) is 33.4 Å². The van der Waals surface area contributed by atoms with Crippen molar-refractivity contribution in [2.24, 2.45) is 11.3 Å². The van der Waals surface area contributed by atoms with Gasteiger partial charge in [-0.1, -0.05) is 13.8 Å². The molecule has 0 aromatic heterocycles. The highest BCUT2D eigenvalue weighted by molar-refractivity contribution is 5.95. The zero-order valence-electron chi connectivity index (χ0n) is 11.0. The third kappa shape index (κ3) is 1.58. The third-order valence-corrected chi connectivity index (χ3v) is 4.89. The fourth-order valence-electron chi connectivity index (χ4n) is 3.62. The van der Waals surface area contributed by atoms with Gasteiger partial charge >= 0.3 is 0 Å². The van der Waals surface area contributed by atoms with Gasteiger partial charge in [0.05, 0.1) is 13.2 Å². The van der Waals surface area contributed by atoms with E-state index in [9.17, 15) is 9.90 Å². The Morgan fingerprint density at radius 1 is 1.41 bits per heavy atom. The third-order valence-electron chi connectivity index (χ3n) is 4.89. The standard InChI is InChI=1S/C13H23NO3/c1-10(2)12-4-6-14(7-5-12)13(8-15,9-17-3)11(12)16/h10,15H,4-9H2,1-3H3/t13-/m0/s1. The Hall–Kier alpha value is -0.450. The number of piperidine rings is 3. The van der Waals surface area contributed by atoms with E-state index in [0.717, 1.165) is 25.9 Å². The Bertz CT molecular complexity index is 308. The lowest BCUT2D eigenvalue weighted by Gasteiger charge is -2.58. The van der Waals surface area contributed by atoms with Crippen molar-refractivity contribution < 1.29 is 14.6 Å². The molecule has 0 aliphatic carbocycles. The maximum atomic E-state index is 12.8. The maximum Gasteiger partial charge on any atom is 0.164 e. The second-order valence-corrected chi connectivity index (χ2v) is 5.75. The van der Waals surface area contributed by atoms with Gasteiger partial charge in [0.15, 0.2) is 5.78 Å². The van der Waals surface area contributed by atoms with Gasteiger partial charge in [0.25, 0.3) is 0 Å². The molecule has 0 unspecified atom stereocenters. The molecule has 4 heteroatoms. The highest BCUT2D eigenvalue weighted by atomic mass is 16.5. The molecule has 1 N–H and O–H groups in total. The first-order valence-corrected chi connectivity index (χ1v) is 6.43. The number of carbonyl (C=O) groups is 1. The van der Waals surface area contributed by atoms with E-state index in [1.165, 1.54) is 0 Å². The zero-order chi connectivity index (χ0) is 12.7. The highest BCUT2D eigenvalue weighted by Gasteiger charge is 2.61. The Labute approximate surface area is 103 Å². The molecule has 17 heavy (non-hydrogen) atoms. The number of nitrogens with zero attached hydrogens (tertiary/aromatic N) is 1. The van der Waals surface area contributed by atoms with Crippen LogP contribution >= 0.6 is 0 Å². The van der Waals surface area contributed by atoms with Gasteiger partial charge in [-0.3, -0.25) is 9.69 Å². The van der Waals surface area contributed by atoms with Crippen LogP contribution in [0, 0.1) is 11.3 Å². The summed E-state index contributed by atoms with van der Waals surface area (Å²) in [6.07, 6.45) is 1.85. The molecule has 0 aromatic rings. The Kier molecular flexibility index (Phi) is 3.31. The number of aliphatic hydroxyl groups is 1. The normalized spacial score (nSPS) is 41.2. The summed E-state index contributed by atoms with van der Waals surface area (Å²) in [5.74, 6) is 0.530. The Morgan fingerprint density at radius 2 is 2.00 bits per heavy atom. The van der Waals surface area contributed by atoms with Gasteiger partial charge in [-0.15, -0.1) is 0 Å². The maximum absolute atomic E-state index is 12.8. The molecule has 2 bridgehead atoms. The molecule has 4 nitrogen and oxygen atoms in total. The van der Waals surface area contributed by atoms with E-state index in [1.807, 2.05) is 0 Å². The monoisotopic (exact) mass is 241 g/mol. The minimum Gasteiger partial charge on any atom is -0.394 e. The van der Waals surface area contributed by atoms with E-state index < -0.39 is 5.54 Å². The first kappa shape index (κ1) is 13.0. The second kappa shape index (κ2) is 4.34. The molecule has 3 heterocycles. The van der Waals surface area contributed by atoms with Crippen molar-refractivity contribution in [3.63, 3.8) is 0 Å². The van der Waals surface area contributed by atoms with Gasteiger partial charge in [0, 0.05) is 25.6 Å². The lowest BCUT2D eigenvalue weighted by atomic mass is 9.58. The van der Waals surface area contributed by atoms with Crippen LogP contribution in [0.4, 0.5) is 0 Å². The van der Waals surface area contributed by atoms with E-state index in [1.54, 1.807) is 7.11 Å². The summed E-state index contributed by atoms with van der Waals surface area (Å²) >= 11 is 0. The number of ether oxygens (including phenoxy) is 1. The fourth-order valence-corrected chi connectivity index (χ4v) is 3.62. The molecule has 0 saturated carbocycles. The number of methoxy groups -OCH3 is 1. The largest absolute Gasteiger partial charge is 0.394 e. The predicted octanol–water partition coefficient (Wildman–Crippen LogP) is 0.685. The van der Waals surface area contributed by atoms with E-state index in [-0.39, 0.29) is 17.8 Å². The summed E-state index contributed by atoms with van der Waals surface area (Å²) in [7, 11) is 1.59. The average molecular weight is 241 g/mol. The van der Waals surface area contributed by atoms with Gasteiger partial charge in [0.2, 0.25) is 0 Å². The molecule has 3 rings (SSSR count). The quantitative estimate of drug-likeness (QED) is 0.786. The van der Waals surface area contributed by atoms with Crippen LogP contribution < -0.4 is 0 Å². The molecule has 0 spiro atoms. The molecule has 1 atom stereocenters. The van der Waals surface area contributed by atoms with Crippen LogP contribution in [-0.2, 0) is 9.53 Å². The number of rotatable bonds is 4. The predicted molar refractivity (Wildman–Crippen MR) is 64.8 cm³/mol. The van der Waals surface area contributed by atoms with Crippen LogP contribution in [0.2, 0.25) is 0 Å². The summed E-state index contributed by atoms with van der Waals surface area (Å²) in [6, 6.07) is 0. The molecule has 3 saturated heterocycles. The number of carbonyl (C=O) groups excluding carboxylic acids is 1. The Morgan fingerprint density at radius 3 is 2.41 bits per heavy atom. The van der Waals surface area contributed by atoms with Crippen LogP contribution in [0.15, 0.2) is 0 Å². The number of aliphatic hydroxyl groups excluding tert-OH is 1. The SMILES string of the molecule is COC[C@@]1(CO)C(=O)C2(C(C)C)CCN1CC2. The average Bonchev–Trinajstić information content (AvgIpc) is 2.34. The topological polar surface area (TPSA) is 49.8 Å². The first-order chi connectivity index (χ1) is 8.03. The van der Waals surface area contributed by atoms with Crippen molar-refractivity contribution in [3.8, 4) is 0 Å². The van der Waals surface area contributed by atoms with Crippen LogP contribution in [0.5, 0.6) is 0 Å². The summed E-state index contributed by atoms with van der Waals surface area (Å²) in [5.41, 5.74) is -1.02. The van der Waals surface area contributed by atoms with Gasteiger partial charge in [0.1, 0.15) is 5.54 Å². The molecule has 0 amide bonds. The number of ketones is 1. The van der Waals surface area contributed by atoms with Crippen LogP contribution in [0.3, 0.4) is 0 Å². The van der Waals surface area contributed by atoms with Gasteiger partial charge in [-0.05, 0) is 18.8 Å². The van der Waals surface area contributed by atoms with Gasteiger partial charge < -0.3 is 9.84 Å². The van der Waals surface area contributed by atoms with Crippen LogP contribution in [0.25, 0.3) is 0 Å². The van der Waals surface area contributed by atoms with Crippen molar-refractivity contribution in [2.45, 2.75) is 32.2 Å². The summed E-state index contributed by atoms with van der Waals surface area (Å²) in [6.45, 7) is 6.20. The van der Waals surface area contributed by atoms with Crippen LogP contribution in [-0.4, -0.2) is 54.7 Å². The molecular formula is C13H23NO3. The molecule has 3 aliphatic heterocycles. The van der Waals surface area contributed by atoms with E-state index in [0.29, 0.717) is 12.5 Å². The Balaban J connectivity index is 2.39. The van der Waals surface area contributed by atoms with Crippen molar-refractivity contribution >= 4 is 5.78 Å². The molecule has 0 radical (unpaired) electrons. The number of hydrogen-bond donors (Lipinski definition) is 1. The number of Topliss-reactive ketones (excluding diaryl/α,β-unsaturated/α-hetero) is 1. The second-order valence-electron chi connectivity index (χ2n) is 5.75. The lowest BCUT2D eigenvalue weighted by molar-refractivity contribution is -0.176.